The molecule has 0 aromatic heterocycles. The molecule has 0 saturated carbocycles. The van der Waals surface area contributed by atoms with Crippen molar-refractivity contribution in [2.24, 2.45) is 11.8 Å². The van der Waals surface area contributed by atoms with Crippen molar-refractivity contribution in [2.45, 2.75) is 25.9 Å². The van der Waals surface area contributed by atoms with Gasteiger partial charge in [0, 0.05) is 5.92 Å². The van der Waals surface area contributed by atoms with Crippen molar-refractivity contribution in [1.82, 2.24) is 0 Å². The van der Waals surface area contributed by atoms with Gasteiger partial charge in [0.05, 0.1) is 6.61 Å². The number of hydrogen-bond donors (Lipinski definition) is 0. The van der Waals surface area contributed by atoms with Crippen LogP contribution >= 0.6 is 0 Å². The lowest BCUT2D eigenvalue weighted by atomic mass is 9.79. The van der Waals surface area contributed by atoms with Crippen LogP contribution in [0.1, 0.15) is 20.3 Å². The summed E-state index contributed by atoms with van der Waals surface area (Å²) in [6.45, 7) is 4.94. The predicted octanol–water partition coefficient (Wildman–Crippen LogP) is 2.11. The highest BCUT2D eigenvalue weighted by Gasteiger charge is 2.50. The third kappa shape index (κ3) is 1.25. The first-order valence-electron chi connectivity index (χ1n) is 5.25. The maximum atomic E-state index is 11.6. The van der Waals surface area contributed by atoms with Crippen LogP contribution < -0.4 is 0 Å². The van der Waals surface area contributed by atoms with Gasteiger partial charge in [-0.05, 0) is 18.1 Å². The lowest BCUT2D eigenvalue weighted by molar-refractivity contribution is -0.138. The summed E-state index contributed by atoms with van der Waals surface area (Å²) >= 11 is 0. The Morgan fingerprint density at radius 1 is 1.57 bits per heavy atom. The lowest BCUT2D eigenvalue weighted by Crippen LogP contribution is -2.47. The molecule has 0 unspecified atom stereocenters. The number of carbonyl (C=O) groups excluding carboxylic acids is 1. The zero-order valence-electron chi connectivity index (χ0n) is 8.69. The smallest absolute Gasteiger partial charge is 0.192 e. The Morgan fingerprint density at radius 2 is 2.36 bits per heavy atom. The Labute approximate surface area is 84.6 Å². The first-order chi connectivity index (χ1) is 6.69. The van der Waals surface area contributed by atoms with Gasteiger partial charge >= 0.3 is 0 Å². The number of ketones is 1. The number of carbonyl (C=O) groups is 1. The van der Waals surface area contributed by atoms with Crippen LogP contribution in [0.15, 0.2) is 24.3 Å². The van der Waals surface area contributed by atoms with Gasteiger partial charge in [0.15, 0.2) is 11.4 Å². The van der Waals surface area contributed by atoms with Crippen LogP contribution in [0.2, 0.25) is 0 Å². The van der Waals surface area contributed by atoms with Crippen molar-refractivity contribution in [3.63, 3.8) is 0 Å². The van der Waals surface area contributed by atoms with Crippen molar-refractivity contribution in [3.8, 4) is 0 Å². The first-order valence-corrected chi connectivity index (χ1v) is 5.25. The van der Waals surface area contributed by atoms with Crippen LogP contribution in [0.25, 0.3) is 0 Å². The summed E-state index contributed by atoms with van der Waals surface area (Å²) in [5.41, 5.74) is -0.608. The summed E-state index contributed by atoms with van der Waals surface area (Å²) in [5, 5.41) is 0. The summed E-state index contributed by atoms with van der Waals surface area (Å²) < 4.78 is 5.76. The molecule has 0 spiro atoms. The van der Waals surface area contributed by atoms with Crippen LogP contribution in [0.4, 0.5) is 0 Å². The van der Waals surface area contributed by atoms with E-state index in [1.165, 1.54) is 0 Å². The molecule has 76 valence electrons. The van der Waals surface area contributed by atoms with E-state index in [4.69, 9.17) is 4.74 Å². The van der Waals surface area contributed by atoms with E-state index in [0.717, 1.165) is 6.42 Å². The molecule has 0 amide bonds. The monoisotopic (exact) mass is 192 g/mol. The Morgan fingerprint density at radius 3 is 2.86 bits per heavy atom. The molecular formula is C12H16O2. The third-order valence-electron chi connectivity index (χ3n) is 3.19. The molecule has 0 aromatic carbocycles. The average molecular weight is 192 g/mol. The fourth-order valence-electron chi connectivity index (χ4n) is 1.77. The minimum atomic E-state index is -0.608. The van der Waals surface area contributed by atoms with E-state index in [1.54, 1.807) is 6.08 Å². The van der Waals surface area contributed by atoms with Crippen LogP contribution in [0.5, 0.6) is 0 Å². The molecule has 2 aliphatic rings. The summed E-state index contributed by atoms with van der Waals surface area (Å²) in [6, 6.07) is 0. The Balaban J connectivity index is 1.98. The van der Waals surface area contributed by atoms with Crippen LogP contribution in [0, 0.1) is 11.8 Å². The first kappa shape index (κ1) is 9.66. The molecule has 0 saturated heterocycles. The van der Waals surface area contributed by atoms with Gasteiger partial charge in [-0.3, -0.25) is 4.79 Å². The zero-order chi connectivity index (χ0) is 10.2. The highest BCUT2D eigenvalue weighted by atomic mass is 16.5. The summed E-state index contributed by atoms with van der Waals surface area (Å²) in [5.74, 6) is 0.819. The number of hydrogen-bond acceptors (Lipinski definition) is 2. The Hall–Kier alpha value is -0.890. The topological polar surface area (TPSA) is 26.3 Å². The van der Waals surface area contributed by atoms with Crippen molar-refractivity contribution in [3.05, 3.63) is 24.3 Å². The molecule has 0 bridgehead atoms. The summed E-state index contributed by atoms with van der Waals surface area (Å²) in [6.07, 6.45) is 8.58. The second-order valence-corrected chi connectivity index (χ2v) is 4.23. The number of fused-ring (bicyclic) bond motifs is 1. The largest absolute Gasteiger partial charge is 0.361 e. The molecule has 3 atom stereocenters. The Kier molecular flexibility index (Phi) is 2.31. The lowest BCUT2D eigenvalue weighted by Gasteiger charge is -2.36. The maximum Gasteiger partial charge on any atom is 0.192 e. The zero-order valence-corrected chi connectivity index (χ0v) is 8.69. The van der Waals surface area contributed by atoms with Crippen LogP contribution in [0.3, 0.4) is 0 Å². The quantitative estimate of drug-likeness (QED) is 0.638. The molecule has 2 heteroatoms. The molecule has 0 aromatic rings. The van der Waals surface area contributed by atoms with Gasteiger partial charge < -0.3 is 4.74 Å². The standard InChI is InChI=1S/C12H16O2/c1-3-9(2)8-14-12-7-6-10(12)4-5-11(12)13/h4-7,9-10H,3,8H2,1-2H3/t9-,10-,12+/m0/s1. The second-order valence-electron chi connectivity index (χ2n) is 4.23. The number of rotatable bonds is 4. The van der Waals surface area contributed by atoms with E-state index in [1.807, 2.05) is 18.2 Å². The van der Waals surface area contributed by atoms with Crippen molar-refractivity contribution < 1.29 is 9.53 Å². The molecule has 0 N–H and O–H groups in total. The van der Waals surface area contributed by atoms with Gasteiger partial charge in [-0.15, -0.1) is 0 Å². The highest BCUT2D eigenvalue weighted by molar-refractivity contribution is 6.03. The van der Waals surface area contributed by atoms with Crippen LogP contribution in [-0.2, 0) is 9.53 Å². The predicted molar refractivity (Wildman–Crippen MR) is 54.9 cm³/mol. The van der Waals surface area contributed by atoms with Gasteiger partial charge in [-0.2, -0.15) is 0 Å². The van der Waals surface area contributed by atoms with E-state index in [0.29, 0.717) is 12.5 Å². The minimum absolute atomic E-state index is 0.105. The van der Waals surface area contributed by atoms with Crippen molar-refractivity contribution >= 4 is 5.78 Å². The molecule has 0 aliphatic heterocycles. The molecule has 2 aliphatic carbocycles. The summed E-state index contributed by atoms with van der Waals surface area (Å²) in [4.78, 5) is 11.6. The SMILES string of the molecule is CC[C@H](C)CO[C@]12C=C[C@@H]1C=CC2=O. The van der Waals surface area contributed by atoms with Gasteiger partial charge in [-0.1, -0.05) is 32.4 Å². The maximum absolute atomic E-state index is 11.6. The molecule has 0 heterocycles. The fraction of sp³-hybridized carbons (Fsp3) is 0.583. The minimum Gasteiger partial charge on any atom is -0.361 e. The molecule has 2 nitrogen and oxygen atoms in total. The van der Waals surface area contributed by atoms with E-state index in [9.17, 15) is 4.79 Å². The molecule has 0 fully saturated rings. The molecule has 0 radical (unpaired) electrons. The fourth-order valence-corrected chi connectivity index (χ4v) is 1.77. The normalized spacial score (nSPS) is 35.6. The highest BCUT2D eigenvalue weighted by Crippen LogP contribution is 2.41. The third-order valence-corrected chi connectivity index (χ3v) is 3.19. The molecule has 2 rings (SSSR count). The molecule has 14 heavy (non-hydrogen) atoms. The van der Waals surface area contributed by atoms with E-state index in [2.05, 4.69) is 13.8 Å². The van der Waals surface area contributed by atoms with Gasteiger partial charge in [0.1, 0.15) is 0 Å². The van der Waals surface area contributed by atoms with E-state index >= 15 is 0 Å². The van der Waals surface area contributed by atoms with Crippen molar-refractivity contribution in [2.75, 3.05) is 6.61 Å². The Bertz CT molecular complexity index is 303. The molecular weight excluding hydrogens is 176 g/mol. The van der Waals surface area contributed by atoms with E-state index < -0.39 is 5.60 Å². The number of ether oxygens (including phenoxy) is 1. The van der Waals surface area contributed by atoms with Gasteiger partial charge in [0.25, 0.3) is 0 Å². The summed E-state index contributed by atoms with van der Waals surface area (Å²) in [7, 11) is 0. The van der Waals surface area contributed by atoms with E-state index in [-0.39, 0.29) is 11.7 Å². The average Bonchev–Trinajstić information content (AvgIpc) is 2.36. The van der Waals surface area contributed by atoms with Crippen LogP contribution in [-0.4, -0.2) is 18.0 Å². The van der Waals surface area contributed by atoms with Gasteiger partial charge in [0.2, 0.25) is 0 Å². The van der Waals surface area contributed by atoms with Crippen molar-refractivity contribution in [1.29, 1.82) is 0 Å². The second kappa shape index (κ2) is 3.35. The van der Waals surface area contributed by atoms with Gasteiger partial charge in [-0.25, -0.2) is 0 Å².